The highest BCUT2D eigenvalue weighted by atomic mass is 35.5. The van der Waals surface area contributed by atoms with Crippen molar-refractivity contribution in [3.8, 4) is 0 Å². The van der Waals surface area contributed by atoms with Gasteiger partial charge in [-0.2, -0.15) is 0 Å². The molecule has 3 rings (SSSR count). The highest BCUT2D eigenvalue weighted by Crippen LogP contribution is 2.33. The van der Waals surface area contributed by atoms with E-state index < -0.39 is 0 Å². The van der Waals surface area contributed by atoms with Crippen LogP contribution < -0.4 is 10.2 Å². The Labute approximate surface area is 113 Å². The molecule has 98 valence electrons. The number of anilines is 1. The molecule has 1 aromatic carbocycles. The zero-order chi connectivity index (χ0) is 12.5. The van der Waals surface area contributed by atoms with Crippen molar-refractivity contribution in [1.82, 2.24) is 5.32 Å². The van der Waals surface area contributed by atoms with E-state index >= 15 is 0 Å². The van der Waals surface area contributed by atoms with Crippen LogP contribution in [0.4, 0.5) is 5.69 Å². The Kier molecular flexibility index (Phi) is 3.46. The molecule has 2 saturated heterocycles. The van der Waals surface area contributed by atoms with Crippen LogP contribution in [0, 0.1) is 0 Å². The summed E-state index contributed by atoms with van der Waals surface area (Å²) in [6.07, 6.45) is 3.18. The molecule has 2 unspecified atom stereocenters. The maximum absolute atomic E-state index is 6.40. The van der Waals surface area contributed by atoms with Crippen molar-refractivity contribution in [2.45, 2.75) is 31.6 Å². The normalized spacial score (nSPS) is 26.7. The maximum Gasteiger partial charge on any atom is 0.0755 e. The smallest absolute Gasteiger partial charge is 0.0755 e. The first-order valence-corrected chi connectivity index (χ1v) is 6.97. The van der Waals surface area contributed by atoms with Gasteiger partial charge in [-0.3, -0.25) is 0 Å². The zero-order valence-corrected chi connectivity index (χ0v) is 11.4. The number of benzene rings is 1. The highest BCUT2D eigenvalue weighted by Gasteiger charge is 2.34. The first-order chi connectivity index (χ1) is 8.76. The summed E-state index contributed by atoms with van der Waals surface area (Å²) in [6.45, 7) is 2.80. The first kappa shape index (κ1) is 12.3. The van der Waals surface area contributed by atoms with Gasteiger partial charge < -0.3 is 15.0 Å². The standard InChI is InChI=1S/C14H19ClN2O/c1-16-7-10-2-5-14(13(15)6-10)17-8-11-3-4-12(9-17)18-11/h2,5-6,11-12,16H,3-4,7-9H2,1H3. The molecular weight excluding hydrogens is 248 g/mol. The Morgan fingerprint density at radius 2 is 2.06 bits per heavy atom. The van der Waals surface area contributed by atoms with Crippen LogP contribution in [0.3, 0.4) is 0 Å². The molecule has 4 heteroatoms. The Morgan fingerprint density at radius 3 is 2.67 bits per heavy atom. The predicted octanol–water partition coefficient (Wildman–Crippen LogP) is 2.43. The largest absolute Gasteiger partial charge is 0.371 e. The molecule has 1 N–H and O–H groups in total. The van der Waals surface area contributed by atoms with Gasteiger partial charge in [0.2, 0.25) is 0 Å². The molecule has 2 bridgehead atoms. The lowest BCUT2D eigenvalue weighted by Crippen LogP contribution is -2.42. The van der Waals surface area contributed by atoms with Crippen molar-refractivity contribution in [2.24, 2.45) is 0 Å². The summed E-state index contributed by atoms with van der Waals surface area (Å²) in [5, 5.41) is 3.99. The number of fused-ring (bicyclic) bond motifs is 2. The van der Waals surface area contributed by atoms with Crippen LogP contribution in [0.25, 0.3) is 0 Å². The molecule has 0 amide bonds. The van der Waals surface area contributed by atoms with Gasteiger partial charge in [-0.1, -0.05) is 17.7 Å². The third-order valence-electron chi connectivity index (χ3n) is 3.78. The monoisotopic (exact) mass is 266 g/mol. The van der Waals surface area contributed by atoms with Gasteiger partial charge in [-0.15, -0.1) is 0 Å². The third-order valence-corrected chi connectivity index (χ3v) is 4.08. The molecule has 0 aliphatic carbocycles. The minimum atomic E-state index is 0.400. The molecule has 2 aliphatic heterocycles. The fraction of sp³-hybridized carbons (Fsp3) is 0.571. The second-order valence-corrected chi connectivity index (χ2v) is 5.59. The lowest BCUT2D eigenvalue weighted by Gasteiger charge is -2.34. The summed E-state index contributed by atoms with van der Waals surface area (Å²) in [4.78, 5) is 2.37. The van der Waals surface area contributed by atoms with Gasteiger partial charge in [0, 0.05) is 19.6 Å². The second kappa shape index (κ2) is 5.08. The van der Waals surface area contributed by atoms with E-state index in [1.165, 1.54) is 18.4 Å². The molecular formula is C14H19ClN2O. The van der Waals surface area contributed by atoms with Crippen molar-refractivity contribution in [2.75, 3.05) is 25.0 Å². The van der Waals surface area contributed by atoms with Crippen LogP contribution in [-0.2, 0) is 11.3 Å². The Bertz CT molecular complexity index is 426. The number of nitrogens with zero attached hydrogens (tertiary/aromatic N) is 1. The SMILES string of the molecule is CNCc1ccc(N2CC3CCC(C2)O3)c(Cl)c1. The molecule has 1 aromatic rings. The molecule has 2 fully saturated rings. The van der Waals surface area contributed by atoms with Gasteiger partial charge >= 0.3 is 0 Å². The topological polar surface area (TPSA) is 24.5 Å². The quantitative estimate of drug-likeness (QED) is 0.909. The van der Waals surface area contributed by atoms with Crippen molar-refractivity contribution in [3.05, 3.63) is 28.8 Å². The van der Waals surface area contributed by atoms with Gasteiger partial charge in [0.1, 0.15) is 0 Å². The number of hydrogen-bond donors (Lipinski definition) is 1. The number of halogens is 1. The zero-order valence-electron chi connectivity index (χ0n) is 10.7. The number of ether oxygens (including phenoxy) is 1. The Morgan fingerprint density at radius 1 is 1.33 bits per heavy atom. The predicted molar refractivity (Wildman–Crippen MR) is 74.3 cm³/mol. The van der Waals surface area contributed by atoms with Gasteiger partial charge in [-0.05, 0) is 37.6 Å². The fourth-order valence-electron chi connectivity index (χ4n) is 2.93. The average molecular weight is 267 g/mol. The average Bonchev–Trinajstić information content (AvgIpc) is 2.69. The van der Waals surface area contributed by atoms with E-state index in [-0.39, 0.29) is 0 Å². The van der Waals surface area contributed by atoms with E-state index in [4.69, 9.17) is 16.3 Å². The molecule has 0 spiro atoms. The summed E-state index contributed by atoms with van der Waals surface area (Å²) in [5.74, 6) is 0. The summed E-state index contributed by atoms with van der Waals surface area (Å²) < 4.78 is 5.86. The van der Waals surface area contributed by atoms with Crippen molar-refractivity contribution >= 4 is 17.3 Å². The van der Waals surface area contributed by atoms with E-state index in [9.17, 15) is 0 Å². The van der Waals surface area contributed by atoms with Crippen LogP contribution in [0.1, 0.15) is 18.4 Å². The van der Waals surface area contributed by atoms with Crippen LogP contribution in [-0.4, -0.2) is 32.3 Å². The Balaban J connectivity index is 1.79. The molecule has 2 aliphatic rings. The summed E-state index contributed by atoms with van der Waals surface area (Å²) >= 11 is 6.40. The molecule has 0 radical (unpaired) electrons. The molecule has 2 heterocycles. The maximum atomic E-state index is 6.40. The number of nitrogens with one attached hydrogen (secondary N) is 1. The second-order valence-electron chi connectivity index (χ2n) is 5.18. The molecule has 3 nitrogen and oxygen atoms in total. The van der Waals surface area contributed by atoms with E-state index in [1.807, 2.05) is 7.05 Å². The lowest BCUT2D eigenvalue weighted by atomic mass is 10.1. The van der Waals surface area contributed by atoms with E-state index in [1.54, 1.807) is 0 Å². The van der Waals surface area contributed by atoms with Crippen molar-refractivity contribution < 1.29 is 4.74 Å². The Hall–Kier alpha value is -0.770. The minimum Gasteiger partial charge on any atom is -0.371 e. The minimum absolute atomic E-state index is 0.400. The van der Waals surface area contributed by atoms with Crippen LogP contribution in [0.5, 0.6) is 0 Å². The highest BCUT2D eigenvalue weighted by molar-refractivity contribution is 6.33. The summed E-state index contributed by atoms with van der Waals surface area (Å²) in [5.41, 5.74) is 2.37. The molecule has 18 heavy (non-hydrogen) atoms. The van der Waals surface area contributed by atoms with Crippen LogP contribution in [0.2, 0.25) is 5.02 Å². The lowest BCUT2D eigenvalue weighted by molar-refractivity contribution is 0.0305. The van der Waals surface area contributed by atoms with Crippen molar-refractivity contribution in [3.63, 3.8) is 0 Å². The number of rotatable bonds is 3. The molecule has 0 saturated carbocycles. The first-order valence-electron chi connectivity index (χ1n) is 6.59. The van der Waals surface area contributed by atoms with E-state index in [0.29, 0.717) is 12.2 Å². The van der Waals surface area contributed by atoms with Crippen molar-refractivity contribution in [1.29, 1.82) is 0 Å². The summed E-state index contributed by atoms with van der Waals surface area (Å²) in [7, 11) is 1.95. The summed E-state index contributed by atoms with van der Waals surface area (Å²) in [6, 6.07) is 6.35. The fourth-order valence-corrected chi connectivity index (χ4v) is 3.26. The van der Waals surface area contributed by atoms with Gasteiger partial charge in [0.15, 0.2) is 0 Å². The van der Waals surface area contributed by atoms with E-state index in [2.05, 4.69) is 28.4 Å². The van der Waals surface area contributed by atoms with Crippen LogP contribution >= 0.6 is 11.6 Å². The molecule has 2 atom stereocenters. The third kappa shape index (κ3) is 2.35. The van der Waals surface area contributed by atoms with Crippen LogP contribution in [0.15, 0.2) is 18.2 Å². The number of hydrogen-bond acceptors (Lipinski definition) is 3. The van der Waals surface area contributed by atoms with Gasteiger partial charge in [0.25, 0.3) is 0 Å². The number of morpholine rings is 1. The molecule has 0 aromatic heterocycles. The van der Waals surface area contributed by atoms with E-state index in [0.717, 1.165) is 30.3 Å². The van der Waals surface area contributed by atoms with Gasteiger partial charge in [-0.25, -0.2) is 0 Å². The van der Waals surface area contributed by atoms with Gasteiger partial charge in [0.05, 0.1) is 22.9 Å².